The Hall–Kier alpha value is -3.33. The Bertz CT molecular complexity index is 914. The highest BCUT2D eigenvalue weighted by atomic mass is 32.1. The number of carbonyl (C=O) groups is 2. The van der Waals surface area contributed by atoms with Crippen LogP contribution in [-0.2, 0) is 4.79 Å². The Labute approximate surface area is 161 Å². The molecule has 0 aliphatic rings. The van der Waals surface area contributed by atoms with Crippen molar-refractivity contribution in [3.63, 3.8) is 0 Å². The number of nitro groups is 1. The molecule has 0 aliphatic carbocycles. The van der Waals surface area contributed by atoms with Crippen LogP contribution in [0.15, 0.2) is 42.5 Å². The second-order valence-corrected chi connectivity index (χ2v) is 6.06. The van der Waals surface area contributed by atoms with Crippen LogP contribution in [-0.4, -0.2) is 21.9 Å². The largest absolute Gasteiger partial charge is 0.332 e. The predicted molar refractivity (Wildman–Crippen MR) is 107 cm³/mol. The van der Waals surface area contributed by atoms with Gasteiger partial charge in [0.2, 0.25) is 5.91 Å². The molecule has 2 aromatic rings. The van der Waals surface area contributed by atoms with E-state index in [-0.39, 0.29) is 22.3 Å². The van der Waals surface area contributed by atoms with Gasteiger partial charge in [0.25, 0.3) is 11.6 Å². The van der Waals surface area contributed by atoms with E-state index >= 15 is 0 Å². The first-order valence-electron chi connectivity index (χ1n) is 8.07. The fourth-order valence-electron chi connectivity index (χ4n) is 2.26. The number of aryl methyl sites for hydroxylation is 1. The summed E-state index contributed by atoms with van der Waals surface area (Å²) in [7, 11) is 0. The van der Waals surface area contributed by atoms with Gasteiger partial charge in [-0.3, -0.25) is 25.0 Å². The minimum Gasteiger partial charge on any atom is -0.332 e. The van der Waals surface area contributed by atoms with Gasteiger partial charge in [-0.1, -0.05) is 13.0 Å². The minimum absolute atomic E-state index is 0.0572. The first kappa shape index (κ1) is 20.0. The first-order valence-corrected chi connectivity index (χ1v) is 8.48. The predicted octanol–water partition coefficient (Wildman–Crippen LogP) is 3.38. The SMILES string of the molecule is CCC(=O)Nc1cccc(NC(=S)NC(=O)c2ccc([N+](=O)[O-])c(C)c2)c1. The zero-order chi connectivity index (χ0) is 20.0. The van der Waals surface area contributed by atoms with Gasteiger partial charge in [-0.2, -0.15) is 0 Å². The van der Waals surface area contributed by atoms with Crippen molar-refractivity contribution in [1.82, 2.24) is 5.32 Å². The number of nitro benzene ring substituents is 1. The third-order valence-corrected chi connectivity index (χ3v) is 3.81. The number of thiocarbonyl (C=S) groups is 1. The molecule has 2 aromatic carbocycles. The van der Waals surface area contributed by atoms with E-state index in [0.717, 1.165) is 0 Å². The Kier molecular flexibility index (Phi) is 6.56. The number of hydrogen-bond donors (Lipinski definition) is 3. The smallest absolute Gasteiger partial charge is 0.272 e. The normalized spacial score (nSPS) is 10.0. The number of carbonyl (C=O) groups excluding carboxylic acids is 2. The summed E-state index contributed by atoms with van der Waals surface area (Å²) < 4.78 is 0. The van der Waals surface area contributed by atoms with Gasteiger partial charge in [0, 0.05) is 35.0 Å². The van der Waals surface area contributed by atoms with Crippen LogP contribution < -0.4 is 16.0 Å². The molecule has 2 rings (SSSR count). The fourth-order valence-corrected chi connectivity index (χ4v) is 2.47. The fraction of sp³-hybridized carbons (Fsp3) is 0.167. The topological polar surface area (TPSA) is 113 Å². The zero-order valence-electron chi connectivity index (χ0n) is 14.7. The number of nitrogens with zero attached hydrogens (tertiary/aromatic N) is 1. The lowest BCUT2D eigenvalue weighted by Crippen LogP contribution is -2.34. The van der Waals surface area contributed by atoms with Crippen molar-refractivity contribution in [1.29, 1.82) is 0 Å². The highest BCUT2D eigenvalue weighted by Gasteiger charge is 2.14. The summed E-state index contributed by atoms with van der Waals surface area (Å²) >= 11 is 5.13. The molecule has 0 heterocycles. The maximum atomic E-state index is 12.3. The van der Waals surface area contributed by atoms with Gasteiger partial charge in [-0.05, 0) is 49.5 Å². The van der Waals surface area contributed by atoms with E-state index in [2.05, 4.69) is 16.0 Å². The van der Waals surface area contributed by atoms with Crippen LogP contribution in [0.1, 0.15) is 29.3 Å². The second-order valence-electron chi connectivity index (χ2n) is 5.65. The van der Waals surface area contributed by atoms with Crippen LogP contribution in [0.25, 0.3) is 0 Å². The first-order chi connectivity index (χ1) is 12.8. The van der Waals surface area contributed by atoms with Crippen LogP contribution in [0.4, 0.5) is 17.1 Å². The molecule has 0 atom stereocenters. The summed E-state index contributed by atoms with van der Waals surface area (Å²) in [6.45, 7) is 3.31. The monoisotopic (exact) mass is 386 g/mol. The second kappa shape index (κ2) is 8.86. The van der Waals surface area contributed by atoms with Gasteiger partial charge in [0.15, 0.2) is 5.11 Å². The van der Waals surface area contributed by atoms with Gasteiger partial charge >= 0.3 is 0 Å². The van der Waals surface area contributed by atoms with Crippen LogP contribution in [0, 0.1) is 17.0 Å². The third kappa shape index (κ3) is 5.58. The molecule has 0 saturated heterocycles. The number of nitrogens with one attached hydrogen (secondary N) is 3. The van der Waals surface area contributed by atoms with E-state index in [0.29, 0.717) is 23.4 Å². The molecule has 140 valence electrons. The molecule has 0 spiro atoms. The molecular weight excluding hydrogens is 368 g/mol. The van der Waals surface area contributed by atoms with Gasteiger partial charge in [-0.15, -0.1) is 0 Å². The molecule has 3 N–H and O–H groups in total. The van der Waals surface area contributed by atoms with Crippen molar-refractivity contribution in [3.8, 4) is 0 Å². The molecule has 0 unspecified atom stereocenters. The lowest BCUT2D eigenvalue weighted by atomic mass is 10.1. The van der Waals surface area contributed by atoms with Crippen molar-refractivity contribution in [2.75, 3.05) is 10.6 Å². The van der Waals surface area contributed by atoms with E-state index in [1.807, 2.05) is 0 Å². The number of anilines is 2. The maximum absolute atomic E-state index is 12.3. The van der Waals surface area contributed by atoms with E-state index in [1.165, 1.54) is 18.2 Å². The van der Waals surface area contributed by atoms with E-state index in [4.69, 9.17) is 12.2 Å². The van der Waals surface area contributed by atoms with Crippen molar-refractivity contribution in [2.24, 2.45) is 0 Å². The Morgan fingerprint density at radius 1 is 1.11 bits per heavy atom. The number of amides is 2. The summed E-state index contributed by atoms with van der Waals surface area (Å²) in [5.74, 6) is -0.600. The highest BCUT2D eigenvalue weighted by Crippen LogP contribution is 2.19. The molecular formula is C18H18N4O4S. The molecule has 9 heteroatoms. The third-order valence-electron chi connectivity index (χ3n) is 3.61. The van der Waals surface area contributed by atoms with Gasteiger partial charge in [0.05, 0.1) is 4.92 Å². The van der Waals surface area contributed by atoms with Crippen LogP contribution in [0.2, 0.25) is 0 Å². The molecule has 0 aromatic heterocycles. The van der Waals surface area contributed by atoms with Crippen LogP contribution in [0.3, 0.4) is 0 Å². The standard InChI is InChI=1S/C18H18N4O4S/c1-3-16(23)19-13-5-4-6-14(10-13)20-18(27)21-17(24)12-7-8-15(22(25)26)11(2)9-12/h4-10H,3H2,1-2H3,(H,19,23)(H2,20,21,24,27). The molecule has 0 fully saturated rings. The lowest BCUT2D eigenvalue weighted by Gasteiger charge is -2.11. The van der Waals surface area contributed by atoms with Crippen LogP contribution >= 0.6 is 12.2 Å². The molecule has 0 radical (unpaired) electrons. The Balaban J connectivity index is 2.02. The summed E-state index contributed by atoms with van der Waals surface area (Å²) in [5.41, 5.74) is 1.77. The van der Waals surface area contributed by atoms with E-state index in [9.17, 15) is 19.7 Å². The highest BCUT2D eigenvalue weighted by molar-refractivity contribution is 7.80. The van der Waals surface area contributed by atoms with Crippen molar-refractivity contribution < 1.29 is 14.5 Å². The minimum atomic E-state index is -0.506. The number of benzene rings is 2. The number of rotatable bonds is 5. The van der Waals surface area contributed by atoms with E-state index in [1.54, 1.807) is 38.1 Å². The quantitative estimate of drug-likeness (QED) is 0.412. The lowest BCUT2D eigenvalue weighted by molar-refractivity contribution is -0.385. The van der Waals surface area contributed by atoms with Gasteiger partial charge in [0.1, 0.15) is 0 Å². The summed E-state index contributed by atoms with van der Waals surface area (Å²) in [6, 6.07) is 11.0. The summed E-state index contributed by atoms with van der Waals surface area (Å²) in [5, 5.41) is 19.0. The van der Waals surface area contributed by atoms with Gasteiger partial charge < -0.3 is 10.6 Å². The molecule has 0 saturated carbocycles. The Morgan fingerprint density at radius 3 is 2.37 bits per heavy atom. The molecule has 8 nitrogen and oxygen atoms in total. The molecule has 0 bridgehead atoms. The molecule has 2 amide bonds. The summed E-state index contributed by atoms with van der Waals surface area (Å²) in [4.78, 5) is 34.1. The van der Waals surface area contributed by atoms with Crippen LogP contribution in [0.5, 0.6) is 0 Å². The molecule has 27 heavy (non-hydrogen) atoms. The molecule has 0 aliphatic heterocycles. The van der Waals surface area contributed by atoms with Gasteiger partial charge in [-0.25, -0.2) is 0 Å². The zero-order valence-corrected chi connectivity index (χ0v) is 15.6. The maximum Gasteiger partial charge on any atom is 0.272 e. The van der Waals surface area contributed by atoms with Crippen molar-refractivity contribution in [3.05, 3.63) is 63.7 Å². The Morgan fingerprint density at radius 2 is 1.78 bits per heavy atom. The average molecular weight is 386 g/mol. The summed E-state index contributed by atoms with van der Waals surface area (Å²) in [6.07, 6.45) is 0.362. The average Bonchev–Trinajstić information content (AvgIpc) is 2.61. The van der Waals surface area contributed by atoms with E-state index < -0.39 is 10.8 Å². The van der Waals surface area contributed by atoms with Crippen molar-refractivity contribution >= 4 is 46.2 Å². The number of hydrogen-bond acceptors (Lipinski definition) is 5. The van der Waals surface area contributed by atoms with Crippen molar-refractivity contribution in [2.45, 2.75) is 20.3 Å².